The van der Waals surface area contributed by atoms with Crippen LogP contribution in [0.25, 0.3) is 0 Å². The number of benzene rings is 1. The van der Waals surface area contributed by atoms with E-state index >= 15 is 0 Å². The maximum atomic E-state index is 12.0. The fourth-order valence-electron chi connectivity index (χ4n) is 2.42. The molecule has 1 amide bonds. The third-order valence-corrected chi connectivity index (χ3v) is 4.24. The van der Waals surface area contributed by atoms with Crippen molar-refractivity contribution in [3.8, 4) is 6.07 Å². The van der Waals surface area contributed by atoms with Crippen molar-refractivity contribution < 1.29 is 13.2 Å². The highest BCUT2D eigenvalue weighted by Crippen LogP contribution is 2.29. The van der Waals surface area contributed by atoms with Crippen LogP contribution in [0.5, 0.6) is 0 Å². The molecule has 6 nitrogen and oxygen atoms in total. The topological polar surface area (TPSA) is 104 Å². The molecule has 1 aliphatic heterocycles. The van der Waals surface area contributed by atoms with Gasteiger partial charge in [0.2, 0.25) is 15.9 Å². The number of nitriles is 1. The number of nitrogens with zero attached hydrogens (tertiary/aromatic N) is 2. The van der Waals surface area contributed by atoms with Crippen molar-refractivity contribution >= 4 is 21.6 Å². The van der Waals surface area contributed by atoms with E-state index in [1.807, 2.05) is 13.0 Å². The summed E-state index contributed by atoms with van der Waals surface area (Å²) in [4.78, 5) is 13.6. The van der Waals surface area contributed by atoms with Gasteiger partial charge in [0.05, 0.1) is 17.4 Å². The van der Waals surface area contributed by atoms with Gasteiger partial charge in [-0.05, 0) is 24.6 Å². The van der Waals surface area contributed by atoms with Crippen molar-refractivity contribution in [3.63, 3.8) is 0 Å². The van der Waals surface area contributed by atoms with Gasteiger partial charge >= 0.3 is 0 Å². The van der Waals surface area contributed by atoms with Gasteiger partial charge in [0.1, 0.15) is 0 Å². The Balaban J connectivity index is 2.26. The molecule has 0 radical (unpaired) electrons. The minimum atomic E-state index is -3.59. The lowest BCUT2D eigenvalue weighted by Crippen LogP contribution is -2.28. The molecule has 0 spiro atoms. The Morgan fingerprint density at radius 3 is 2.80 bits per heavy atom. The highest BCUT2D eigenvalue weighted by Gasteiger charge is 2.33. The lowest BCUT2D eigenvalue weighted by atomic mass is 10.1. The zero-order chi connectivity index (χ0) is 14.9. The second-order valence-electron chi connectivity index (χ2n) is 5.02. The fraction of sp³-hybridized carbons (Fsp3) is 0.385. The van der Waals surface area contributed by atoms with Crippen LogP contribution in [0.4, 0.5) is 5.69 Å². The average Bonchev–Trinajstić information content (AvgIpc) is 2.68. The van der Waals surface area contributed by atoms with Gasteiger partial charge in [-0.25, -0.2) is 13.6 Å². The molecule has 106 valence electrons. The Labute approximate surface area is 117 Å². The molecule has 0 aliphatic carbocycles. The quantitative estimate of drug-likeness (QED) is 0.876. The molecule has 0 saturated carbocycles. The Hall–Kier alpha value is -1.91. The predicted octanol–water partition coefficient (Wildman–Crippen LogP) is 0.508. The molecule has 0 bridgehead atoms. The van der Waals surface area contributed by atoms with Gasteiger partial charge < -0.3 is 4.90 Å². The van der Waals surface area contributed by atoms with Crippen molar-refractivity contribution in [1.29, 1.82) is 5.26 Å². The van der Waals surface area contributed by atoms with Gasteiger partial charge in [-0.3, -0.25) is 4.79 Å². The summed E-state index contributed by atoms with van der Waals surface area (Å²) in [5.41, 5.74) is 1.99. The molecule has 1 unspecified atom stereocenters. The third kappa shape index (κ3) is 3.15. The number of hydrogen-bond acceptors (Lipinski definition) is 4. The van der Waals surface area contributed by atoms with Crippen molar-refractivity contribution in [2.24, 2.45) is 11.1 Å². The van der Waals surface area contributed by atoms with E-state index < -0.39 is 10.0 Å². The van der Waals surface area contributed by atoms with Crippen LogP contribution >= 0.6 is 0 Å². The molecule has 2 N–H and O–H groups in total. The Morgan fingerprint density at radius 2 is 2.20 bits per heavy atom. The van der Waals surface area contributed by atoms with Crippen LogP contribution in [0.15, 0.2) is 18.2 Å². The summed E-state index contributed by atoms with van der Waals surface area (Å²) < 4.78 is 22.2. The minimum absolute atomic E-state index is 0.142. The number of carbonyl (C=O) groups excluding carboxylic acids is 1. The van der Waals surface area contributed by atoms with Crippen LogP contribution in [0.3, 0.4) is 0 Å². The first kappa shape index (κ1) is 14.5. The number of carbonyl (C=O) groups is 1. The van der Waals surface area contributed by atoms with Crippen molar-refractivity contribution in [2.75, 3.05) is 17.2 Å². The van der Waals surface area contributed by atoms with Gasteiger partial charge in [0.15, 0.2) is 0 Å². The Bertz CT molecular complexity index is 691. The summed E-state index contributed by atoms with van der Waals surface area (Å²) in [6.45, 7) is 2.15. The lowest BCUT2D eigenvalue weighted by molar-refractivity contribution is -0.117. The molecule has 1 fully saturated rings. The summed E-state index contributed by atoms with van der Waals surface area (Å²) in [6.07, 6.45) is 0.159. The molecule has 0 aromatic heterocycles. The predicted molar refractivity (Wildman–Crippen MR) is 74.3 cm³/mol. The molecular formula is C13H15N3O3S. The van der Waals surface area contributed by atoms with E-state index in [4.69, 9.17) is 10.4 Å². The number of hydrogen-bond donors (Lipinski definition) is 1. The van der Waals surface area contributed by atoms with Crippen LogP contribution in [-0.4, -0.2) is 26.6 Å². The van der Waals surface area contributed by atoms with E-state index in [2.05, 4.69) is 0 Å². The van der Waals surface area contributed by atoms with Gasteiger partial charge in [-0.1, -0.05) is 6.07 Å². The zero-order valence-corrected chi connectivity index (χ0v) is 11.9. The molecule has 2 rings (SSSR count). The number of sulfonamides is 1. The third-order valence-electron chi connectivity index (χ3n) is 3.30. The van der Waals surface area contributed by atoms with Crippen LogP contribution < -0.4 is 10.0 Å². The highest BCUT2D eigenvalue weighted by molar-refractivity contribution is 7.89. The summed E-state index contributed by atoms with van der Waals surface area (Å²) in [5.74, 6) is -0.647. The SMILES string of the molecule is Cc1ccc(C#N)cc1N1CC(CS(N)(=O)=O)CC1=O. The summed E-state index contributed by atoms with van der Waals surface area (Å²) in [6, 6.07) is 7.13. The molecule has 1 heterocycles. The van der Waals surface area contributed by atoms with Crippen molar-refractivity contribution in [1.82, 2.24) is 0 Å². The van der Waals surface area contributed by atoms with Crippen LogP contribution in [0.2, 0.25) is 0 Å². The maximum absolute atomic E-state index is 12.0. The van der Waals surface area contributed by atoms with Crippen molar-refractivity contribution in [3.05, 3.63) is 29.3 Å². The molecule has 1 aromatic rings. The first-order chi connectivity index (χ1) is 9.30. The molecule has 7 heteroatoms. The maximum Gasteiger partial charge on any atom is 0.227 e. The average molecular weight is 293 g/mol. The van der Waals surface area contributed by atoms with E-state index in [0.29, 0.717) is 17.8 Å². The molecule has 1 aromatic carbocycles. The fourth-order valence-corrected chi connectivity index (χ4v) is 3.30. The summed E-state index contributed by atoms with van der Waals surface area (Å²) in [7, 11) is -3.59. The second kappa shape index (κ2) is 5.23. The van der Waals surface area contributed by atoms with E-state index in [9.17, 15) is 13.2 Å². The normalized spacial score (nSPS) is 19.1. The van der Waals surface area contributed by atoms with E-state index in [0.717, 1.165) is 5.56 Å². The Morgan fingerprint density at radius 1 is 1.50 bits per heavy atom. The number of amides is 1. The van der Waals surface area contributed by atoms with E-state index in [-0.39, 0.29) is 24.0 Å². The van der Waals surface area contributed by atoms with Crippen LogP contribution in [-0.2, 0) is 14.8 Å². The molecular weight excluding hydrogens is 278 g/mol. The van der Waals surface area contributed by atoms with E-state index in [1.54, 1.807) is 18.2 Å². The van der Waals surface area contributed by atoms with Crippen molar-refractivity contribution in [2.45, 2.75) is 13.3 Å². The number of rotatable bonds is 3. The van der Waals surface area contributed by atoms with Gasteiger partial charge in [0.25, 0.3) is 0 Å². The van der Waals surface area contributed by atoms with Gasteiger partial charge in [-0.15, -0.1) is 0 Å². The number of primary sulfonamides is 1. The Kier molecular flexibility index (Phi) is 3.79. The smallest absolute Gasteiger partial charge is 0.227 e. The molecule has 20 heavy (non-hydrogen) atoms. The first-order valence-electron chi connectivity index (χ1n) is 6.12. The van der Waals surface area contributed by atoms with Crippen LogP contribution in [0, 0.1) is 24.2 Å². The molecule has 1 atom stereocenters. The monoisotopic (exact) mass is 293 g/mol. The number of aryl methyl sites for hydroxylation is 1. The number of nitrogens with two attached hydrogens (primary N) is 1. The lowest BCUT2D eigenvalue weighted by Gasteiger charge is -2.19. The largest absolute Gasteiger partial charge is 0.312 e. The molecule has 1 aliphatic rings. The molecule has 1 saturated heterocycles. The highest BCUT2D eigenvalue weighted by atomic mass is 32.2. The minimum Gasteiger partial charge on any atom is -0.312 e. The van der Waals surface area contributed by atoms with E-state index in [1.165, 1.54) is 4.90 Å². The number of anilines is 1. The standard InChI is InChI=1S/C13H15N3O3S/c1-9-2-3-10(6-14)4-12(9)16-7-11(5-13(16)17)8-20(15,18)19/h2-4,11H,5,7-8H2,1H3,(H2,15,18,19). The zero-order valence-electron chi connectivity index (χ0n) is 11.0. The van der Waals surface area contributed by atoms with Gasteiger partial charge in [-0.2, -0.15) is 5.26 Å². The second-order valence-corrected chi connectivity index (χ2v) is 6.68. The van der Waals surface area contributed by atoms with Crippen LogP contribution in [0.1, 0.15) is 17.5 Å². The summed E-state index contributed by atoms with van der Waals surface area (Å²) >= 11 is 0. The summed E-state index contributed by atoms with van der Waals surface area (Å²) in [5, 5.41) is 13.9. The first-order valence-corrected chi connectivity index (χ1v) is 7.83. The van der Waals surface area contributed by atoms with Gasteiger partial charge in [0, 0.05) is 24.6 Å².